The van der Waals surface area contributed by atoms with E-state index in [1.54, 1.807) is 29.9 Å². The minimum atomic E-state index is -0.369. The van der Waals surface area contributed by atoms with E-state index in [9.17, 15) is 9.18 Å². The van der Waals surface area contributed by atoms with E-state index < -0.39 is 0 Å². The fourth-order valence-electron chi connectivity index (χ4n) is 3.16. The predicted octanol–water partition coefficient (Wildman–Crippen LogP) is 4.30. The van der Waals surface area contributed by atoms with Crippen molar-refractivity contribution in [2.45, 2.75) is 29.7 Å². The summed E-state index contributed by atoms with van der Waals surface area (Å²) in [5, 5.41) is 8.95. The van der Waals surface area contributed by atoms with E-state index in [-0.39, 0.29) is 16.9 Å². The summed E-state index contributed by atoms with van der Waals surface area (Å²) in [4.78, 5) is 12.1. The Morgan fingerprint density at radius 1 is 1.15 bits per heavy atom. The standard InChI is InChI=1S/C20H18FN3O2S/c1-26-14-11-9-13(10-12-14)19-22-23-20(27-18-8-4-7-17(18)25)24(19)16-6-3-2-5-15(16)21/h2-3,5-6,9-12,18H,4,7-8H2,1H3. The van der Waals surface area contributed by atoms with E-state index in [1.165, 1.54) is 17.8 Å². The van der Waals surface area contributed by atoms with Crippen molar-refractivity contribution in [1.82, 2.24) is 14.8 Å². The van der Waals surface area contributed by atoms with Crippen LogP contribution in [0, 0.1) is 5.82 Å². The maximum atomic E-state index is 14.6. The van der Waals surface area contributed by atoms with Crippen molar-refractivity contribution >= 4 is 17.5 Å². The number of methoxy groups -OCH3 is 1. The second kappa shape index (κ2) is 7.52. The first-order valence-corrected chi connectivity index (χ1v) is 9.59. The summed E-state index contributed by atoms with van der Waals surface area (Å²) < 4.78 is 21.5. The lowest BCUT2D eigenvalue weighted by atomic mass is 10.2. The number of rotatable bonds is 5. The molecule has 0 N–H and O–H groups in total. The first kappa shape index (κ1) is 17.7. The lowest BCUT2D eigenvalue weighted by Gasteiger charge is -2.13. The number of aromatic nitrogens is 3. The molecule has 1 unspecified atom stereocenters. The highest BCUT2D eigenvalue weighted by Gasteiger charge is 2.29. The number of carbonyl (C=O) groups excluding carboxylic acids is 1. The van der Waals surface area contributed by atoms with Crippen LogP contribution >= 0.6 is 11.8 Å². The largest absolute Gasteiger partial charge is 0.497 e. The van der Waals surface area contributed by atoms with Gasteiger partial charge in [-0.2, -0.15) is 0 Å². The summed E-state index contributed by atoms with van der Waals surface area (Å²) >= 11 is 1.36. The molecule has 5 nitrogen and oxygen atoms in total. The summed E-state index contributed by atoms with van der Waals surface area (Å²) in [6.07, 6.45) is 2.29. The number of Topliss-reactive ketones (excluding diaryl/α,β-unsaturated/α-hetero) is 1. The van der Waals surface area contributed by atoms with Crippen molar-refractivity contribution < 1.29 is 13.9 Å². The van der Waals surface area contributed by atoms with Crippen LogP contribution in [0.25, 0.3) is 17.1 Å². The third kappa shape index (κ3) is 3.47. The van der Waals surface area contributed by atoms with Crippen molar-refractivity contribution in [2.75, 3.05) is 7.11 Å². The second-order valence-electron chi connectivity index (χ2n) is 6.29. The van der Waals surface area contributed by atoms with Gasteiger partial charge in [-0.25, -0.2) is 4.39 Å². The molecule has 0 saturated heterocycles. The Hall–Kier alpha value is -2.67. The third-order valence-corrected chi connectivity index (χ3v) is 5.83. The zero-order valence-corrected chi connectivity index (χ0v) is 15.6. The molecule has 0 amide bonds. The number of para-hydroxylation sites is 1. The first-order chi connectivity index (χ1) is 13.2. The molecule has 1 fully saturated rings. The molecule has 1 aromatic heterocycles. The lowest BCUT2D eigenvalue weighted by Crippen LogP contribution is -2.10. The Kier molecular flexibility index (Phi) is 4.94. The highest BCUT2D eigenvalue weighted by molar-refractivity contribution is 8.00. The minimum absolute atomic E-state index is 0.150. The van der Waals surface area contributed by atoms with Gasteiger partial charge in [-0.1, -0.05) is 23.9 Å². The van der Waals surface area contributed by atoms with Crippen LogP contribution in [0.1, 0.15) is 19.3 Å². The van der Waals surface area contributed by atoms with E-state index in [0.29, 0.717) is 23.1 Å². The molecule has 3 aromatic rings. The van der Waals surface area contributed by atoms with E-state index >= 15 is 0 Å². The van der Waals surface area contributed by atoms with Gasteiger partial charge in [-0.15, -0.1) is 10.2 Å². The van der Waals surface area contributed by atoms with Gasteiger partial charge in [0.1, 0.15) is 17.3 Å². The van der Waals surface area contributed by atoms with Gasteiger partial charge in [0.15, 0.2) is 11.0 Å². The Morgan fingerprint density at radius 2 is 1.93 bits per heavy atom. The molecule has 0 radical (unpaired) electrons. The fourth-order valence-corrected chi connectivity index (χ4v) is 4.33. The van der Waals surface area contributed by atoms with E-state index in [0.717, 1.165) is 24.2 Å². The van der Waals surface area contributed by atoms with Crippen LogP contribution in [0.3, 0.4) is 0 Å². The van der Waals surface area contributed by atoms with Crippen molar-refractivity contribution in [3.8, 4) is 22.8 Å². The average molecular weight is 383 g/mol. The molecule has 1 heterocycles. The molecule has 27 heavy (non-hydrogen) atoms. The van der Waals surface area contributed by atoms with Crippen LogP contribution in [-0.4, -0.2) is 32.9 Å². The summed E-state index contributed by atoms with van der Waals surface area (Å²) in [6, 6.07) is 13.9. The molecule has 1 saturated carbocycles. The number of halogens is 1. The second-order valence-corrected chi connectivity index (χ2v) is 7.46. The van der Waals surface area contributed by atoms with Gasteiger partial charge in [0.05, 0.1) is 18.0 Å². The number of hydrogen-bond acceptors (Lipinski definition) is 5. The van der Waals surface area contributed by atoms with Gasteiger partial charge in [0, 0.05) is 12.0 Å². The van der Waals surface area contributed by atoms with E-state index in [1.807, 2.05) is 24.3 Å². The van der Waals surface area contributed by atoms with Crippen LogP contribution in [0.15, 0.2) is 53.7 Å². The number of hydrogen-bond donors (Lipinski definition) is 0. The van der Waals surface area contributed by atoms with Crippen LogP contribution < -0.4 is 4.74 Å². The summed E-state index contributed by atoms with van der Waals surface area (Å²) in [5.41, 5.74) is 1.15. The number of thioether (sulfide) groups is 1. The maximum Gasteiger partial charge on any atom is 0.196 e. The highest BCUT2D eigenvalue weighted by Crippen LogP contribution is 2.35. The molecule has 1 aliphatic rings. The summed E-state index contributed by atoms with van der Waals surface area (Å²) in [7, 11) is 1.60. The molecular formula is C20H18FN3O2S. The van der Waals surface area contributed by atoms with Gasteiger partial charge < -0.3 is 4.74 Å². The van der Waals surface area contributed by atoms with Crippen LogP contribution in [0.5, 0.6) is 5.75 Å². The third-order valence-electron chi connectivity index (χ3n) is 4.57. The molecule has 1 aliphatic carbocycles. The average Bonchev–Trinajstić information content (AvgIpc) is 3.29. The Bertz CT molecular complexity index is 972. The number of benzene rings is 2. The van der Waals surface area contributed by atoms with E-state index in [2.05, 4.69) is 10.2 Å². The topological polar surface area (TPSA) is 57.0 Å². The zero-order chi connectivity index (χ0) is 18.8. The van der Waals surface area contributed by atoms with Crippen LogP contribution in [0.2, 0.25) is 0 Å². The number of nitrogens with zero attached hydrogens (tertiary/aromatic N) is 3. The van der Waals surface area contributed by atoms with Crippen LogP contribution in [0.4, 0.5) is 4.39 Å². The first-order valence-electron chi connectivity index (χ1n) is 8.71. The molecule has 138 valence electrons. The fraction of sp³-hybridized carbons (Fsp3) is 0.250. The molecule has 7 heteroatoms. The Morgan fingerprint density at radius 3 is 2.59 bits per heavy atom. The minimum Gasteiger partial charge on any atom is -0.497 e. The lowest BCUT2D eigenvalue weighted by molar-refractivity contribution is -0.116. The predicted molar refractivity (Wildman–Crippen MR) is 102 cm³/mol. The maximum absolute atomic E-state index is 14.6. The molecule has 0 aliphatic heterocycles. The van der Waals surface area contributed by atoms with Crippen molar-refractivity contribution in [2.24, 2.45) is 0 Å². The number of ketones is 1. The van der Waals surface area contributed by atoms with Crippen LogP contribution in [-0.2, 0) is 4.79 Å². The monoisotopic (exact) mass is 383 g/mol. The molecule has 4 rings (SSSR count). The number of carbonyl (C=O) groups is 1. The van der Waals surface area contributed by atoms with Gasteiger partial charge in [0.2, 0.25) is 0 Å². The molecule has 0 bridgehead atoms. The smallest absolute Gasteiger partial charge is 0.196 e. The van der Waals surface area contributed by atoms with Gasteiger partial charge >= 0.3 is 0 Å². The summed E-state index contributed by atoms with van der Waals surface area (Å²) in [6.45, 7) is 0. The Labute approximate surface area is 160 Å². The zero-order valence-electron chi connectivity index (χ0n) is 14.8. The quantitative estimate of drug-likeness (QED) is 0.658. The highest BCUT2D eigenvalue weighted by atomic mass is 32.2. The summed E-state index contributed by atoms with van der Waals surface area (Å²) in [5.74, 6) is 1.10. The van der Waals surface area contributed by atoms with Crippen molar-refractivity contribution in [3.63, 3.8) is 0 Å². The van der Waals surface area contributed by atoms with Gasteiger partial charge in [0.25, 0.3) is 0 Å². The molecule has 0 spiro atoms. The molecule has 1 atom stereocenters. The van der Waals surface area contributed by atoms with Gasteiger partial charge in [-0.05, 0) is 49.2 Å². The van der Waals surface area contributed by atoms with E-state index in [4.69, 9.17) is 4.74 Å². The number of ether oxygens (including phenoxy) is 1. The Balaban J connectivity index is 1.81. The van der Waals surface area contributed by atoms with Crippen molar-refractivity contribution in [3.05, 3.63) is 54.3 Å². The SMILES string of the molecule is COc1ccc(-c2nnc(SC3CCCC3=O)n2-c2ccccc2F)cc1. The van der Waals surface area contributed by atoms with Crippen molar-refractivity contribution in [1.29, 1.82) is 0 Å². The van der Waals surface area contributed by atoms with Gasteiger partial charge in [-0.3, -0.25) is 9.36 Å². The molecule has 2 aromatic carbocycles. The molecular weight excluding hydrogens is 365 g/mol. The normalized spacial score (nSPS) is 16.7.